The van der Waals surface area contributed by atoms with E-state index in [0.717, 1.165) is 22.7 Å². The molecule has 6 nitrogen and oxygen atoms in total. The molecule has 0 spiro atoms. The Balaban J connectivity index is 1.66. The van der Waals surface area contributed by atoms with Crippen LogP contribution < -0.4 is 4.74 Å². The Morgan fingerprint density at radius 3 is 3.04 bits per heavy atom. The molecule has 1 amide bonds. The lowest BCUT2D eigenvalue weighted by Gasteiger charge is -2.30. The summed E-state index contributed by atoms with van der Waals surface area (Å²) in [6.45, 7) is 0.913. The van der Waals surface area contributed by atoms with Crippen LogP contribution in [0.4, 0.5) is 0 Å². The zero-order chi connectivity index (χ0) is 17.8. The number of likely N-dealkylation sites (tertiary alicyclic amines) is 1. The van der Waals surface area contributed by atoms with Crippen molar-refractivity contribution in [2.24, 2.45) is 5.92 Å². The molecule has 2 aromatic rings. The van der Waals surface area contributed by atoms with Crippen LogP contribution in [0.2, 0.25) is 0 Å². The van der Waals surface area contributed by atoms with Gasteiger partial charge >= 0.3 is 5.97 Å². The number of carbonyl (C=O) groups is 2. The topological polar surface area (TPSA) is 79.7 Å². The first-order valence-corrected chi connectivity index (χ1v) is 9.04. The van der Waals surface area contributed by atoms with Crippen molar-refractivity contribution in [1.29, 1.82) is 0 Å². The number of thiazole rings is 1. The van der Waals surface area contributed by atoms with Crippen LogP contribution in [0.1, 0.15) is 18.5 Å². The number of rotatable bonds is 5. The van der Waals surface area contributed by atoms with Gasteiger partial charge in [0, 0.05) is 24.0 Å². The Labute approximate surface area is 150 Å². The molecule has 0 radical (unpaired) electrons. The number of carboxylic acids is 1. The number of aliphatic carboxylic acids is 1. The largest absolute Gasteiger partial charge is 0.497 e. The summed E-state index contributed by atoms with van der Waals surface area (Å²) in [6, 6.07) is 7.64. The molecule has 1 saturated heterocycles. The van der Waals surface area contributed by atoms with Gasteiger partial charge in [-0.05, 0) is 25.0 Å². The molecule has 132 valence electrons. The summed E-state index contributed by atoms with van der Waals surface area (Å²) < 4.78 is 5.22. The average molecular weight is 360 g/mol. The minimum atomic E-state index is -0.827. The number of amides is 1. The monoisotopic (exact) mass is 360 g/mol. The van der Waals surface area contributed by atoms with Gasteiger partial charge in [-0.3, -0.25) is 9.59 Å². The van der Waals surface area contributed by atoms with Gasteiger partial charge in [-0.1, -0.05) is 12.1 Å². The third-order valence-electron chi connectivity index (χ3n) is 4.32. The lowest BCUT2D eigenvalue weighted by molar-refractivity contribution is -0.145. The van der Waals surface area contributed by atoms with Crippen molar-refractivity contribution < 1.29 is 19.4 Å². The van der Waals surface area contributed by atoms with Gasteiger partial charge in [-0.2, -0.15) is 0 Å². The van der Waals surface area contributed by atoms with Crippen LogP contribution in [0.3, 0.4) is 0 Å². The summed E-state index contributed by atoms with van der Waals surface area (Å²) in [5.74, 6) is -0.584. The number of piperidine rings is 1. The zero-order valence-corrected chi connectivity index (χ0v) is 14.8. The van der Waals surface area contributed by atoms with Crippen molar-refractivity contribution >= 4 is 23.2 Å². The first-order chi connectivity index (χ1) is 12.1. The molecule has 1 N–H and O–H groups in total. The molecule has 0 saturated carbocycles. The van der Waals surface area contributed by atoms with Gasteiger partial charge in [-0.25, -0.2) is 4.98 Å². The van der Waals surface area contributed by atoms with Crippen LogP contribution >= 0.6 is 11.3 Å². The molecule has 2 heterocycles. The third kappa shape index (κ3) is 4.17. The smallest absolute Gasteiger partial charge is 0.308 e. The fraction of sp³-hybridized carbons (Fsp3) is 0.389. The predicted molar refractivity (Wildman–Crippen MR) is 94.7 cm³/mol. The van der Waals surface area contributed by atoms with E-state index in [0.29, 0.717) is 25.2 Å². The van der Waals surface area contributed by atoms with E-state index in [2.05, 4.69) is 4.98 Å². The molecule has 0 aliphatic carbocycles. The standard InChI is InChI=1S/C18H20N2O4S/c1-24-15-6-2-4-12(8-15)17-19-14(11-25-17)9-16(21)20-7-3-5-13(10-20)18(22)23/h2,4,6,8,11,13H,3,5,7,9-10H2,1H3,(H,22,23)/t13-/m1/s1. The van der Waals surface area contributed by atoms with Gasteiger partial charge in [0.15, 0.2) is 0 Å². The summed E-state index contributed by atoms with van der Waals surface area (Å²) in [5, 5.41) is 11.9. The van der Waals surface area contributed by atoms with Crippen LogP contribution in [0.25, 0.3) is 10.6 Å². The third-order valence-corrected chi connectivity index (χ3v) is 5.26. The van der Waals surface area contributed by atoms with Gasteiger partial charge in [-0.15, -0.1) is 11.3 Å². The Bertz CT molecular complexity index is 774. The molecule has 25 heavy (non-hydrogen) atoms. The number of nitrogens with zero attached hydrogens (tertiary/aromatic N) is 2. The molecule has 1 aliphatic rings. The van der Waals surface area contributed by atoms with E-state index in [9.17, 15) is 9.59 Å². The van der Waals surface area contributed by atoms with Gasteiger partial charge < -0.3 is 14.7 Å². The molecule has 1 aliphatic heterocycles. The van der Waals surface area contributed by atoms with Gasteiger partial charge in [0.05, 0.1) is 25.1 Å². The maximum absolute atomic E-state index is 12.5. The highest BCUT2D eigenvalue weighted by atomic mass is 32.1. The molecule has 0 bridgehead atoms. The summed E-state index contributed by atoms with van der Waals surface area (Å²) >= 11 is 1.48. The van der Waals surface area contributed by atoms with Crippen molar-refractivity contribution in [3.05, 3.63) is 35.3 Å². The Morgan fingerprint density at radius 2 is 2.28 bits per heavy atom. The van der Waals surface area contributed by atoms with E-state index in [1.165, 1.54) is 11.3 Å². The molecule has 0 unspecified atom stereocenters. The SMILES string of the molecule is COc1cccc(-c2nc(CC(=O)N3CCC[C@@H](C(=O)O)C3)cs2)c1. The number of hydrogen-bond donors (Lipinski definition) is 1. The first kappa shape index (κ1) is 17.4. The minimum Gasteiger partial charge on any atom is -0.497 e. The van der Waals surface area contributed by atoms with E-state index in [-0.39, 0.29) is 12.3 Å². The summed E-state index contributed by atoms with van der Waals surface area (Å²) in [5.41, 5.74) is 1.66. The Kier molecular flexibility index (Phi) is 5.33. The van der Waals surface area contributed by atoms with Crippen LogP contribution in [-0.4, -0.2) is 47.1 Å². The number of ether oxygens (including phenoxy) is 1. The Morgan fingerprint density at radius 1 is 1.44 bits per heavy atom. The first-order valence-electron chi connectivity index (χ1n) is 8.16. The second-order valence-electron chi connectivity index (χ2n) is 6.07. The van der Waals surface area contributed by atoms with Gasteiger partial charge in [0.1, 0.15) is 10.8 Å². The molecule has 3 rings (SSSR count). The van der Waals surface area contributed by atoms with Crippen molar-refractivity contribution in [3.8, 4) is 16.3 Å². The van der Waals surface area contributed by atoms with Crippen molar-refractivity contribution in [2.75, 3.05) is 20.2 Å². The van der Waals surface area contributed by atoms with E-state index >= 15 is 0 Å². The lowest BCUT2D eigenvalue weighted by Crippen LogP contribution is -2.43. The molecule has 1 aromatic carbocycles. The van der Waals surface area contributed by atoms with Crippen molar-refractivity contribution in [3.63, 3.8) is 0 Å². The Hall–Kier alpha value is -2.41. The fourth-order valence-electron chi connectivity index (χ4n) is 2.95. The highest BCUT2D eigenvalue weighted by Crippen LogP contribution is 2.27. The quantitative estimate of drug-likeness (QED) is 0.887. The maximum Gasteiger partial charge on any atom is 0.308 e. The molecular weight excluding hydrogens is 340 g/mol. The second kappa shape index (κ2) is 7.65. The highest BCUT2D eigenvalue weighted by molar-refractivity contribution is 7.13. The number of carbonyl (C=O) groups excluding carboxylic acids is 1. The number of carboxylic acid groups (broad SMARTS) is 1. The second-order valence-corrected chi connectivity index (χ2v) is 6.93. The number of hydrogen-bond acceptors (Lipinski definition) is 5. The van der Waals surface area contributed by atoms with Gasteiger partial charge in [0.2, 0.25) is 5.91 Å². The highest BCUT2D eigenvalue weighted by Gasteiger charge is 2.28. The number of aromatic nitrogens is 1. The van der Waals surface area contributed by atoms with E-state index in [1.54, 1.807) is 12.0 Å². The summed E-state index contributed by atoms with van der Waals surface area (Å²) in [6.07, 6.45) is 1.57. The van der Waals surface area contributed by atoms with Crippen LogP contribution in [0, 0.1) is 5.92 Å². The molecule has 1 fully saturated rings. The molecule has 1 atom stereocenters. The number of benzene rings is 1. The van der Waals surface area contributed by atoms with Crippen LogP contribution in [0.15, 0.2) is 29.6 Å². The molecule has 7 heteroatoms. The number of methoxy groups -OCH3 is 1. The van der Waals surface area contributed by atoms with Crippen molar-refractivity contribution in [1.82, 2.24) is 9.88 Å². The van der Waals surface area contributed by atoms with E-state index in [1.807, 2.05) is 29.6 Å². The lowest BCUT2D eigenvalue weighted by atomic mass is 9.98. The van der Waals surface area contributed by atoms with Gasteiger partial charge in [0.25, 0.3) is 0 Å². The minimum absolute atomic E-state index is 0.0616. The van der Waals surface area contributed by atoms with Crippen molar-refractivity contribution in [2.45, 2.75) is 19.3 Å². The van der Waals surface area contributed by atoms with E-state index in [4.69, 9.17) is 9.84 Å². The summed E-state index contributed by atoms with van der Waals surface area (Å²) in [4.78, 5) is 29.8. The fourth-order valence-corrected chi connectivity index (χ4v) is 3.77. The normalized spacial score (nSPS) is 17.3. The molecule has 1 aromatic heterocycles. The molecular formula is C18H20N2O4S. The average Bonchev–Trinajstić information content (AvgIpc) is 3.10. The maximum atomic E-state index is 12.5. The van der Waals surface area contributed by atoms with Crippen LogP contribution in [0.5, 0.6) is 5.75 Å². The van der Waals surface area contributed by atoms with E-state index < -0.39 is 11.9 Å². The predicted octanol–water partition coefficient (Wildman–Crippen LogP) is 2.68. The van der Waals surface area contributed by atoms with Crippen LogP contribution in [-0.2, 0) is 16.0 Å². The summed E-state index contributed by atoms with van der Waals surface area (Å²) in [7, 11) is 1.62. The zero-order valence-electron chi connectivity index (χ0n) is 14.0.